The molecule has 226 valence electrons. The van der Waals surface area contributed by atoms with E-state index in [2.05, 4.69) is 59.8 Å². The van der Waals surface area contributed by atoms with Crippen LogP contribution >= 0.6 is 0 Å². The van der Waals surface area contributed by atoms with Crippen LogP contribution in [0.4, 0.5) is 0 Å². The van der Waals surface area contributed by atoms with Crippen LogP contribution < -0.4 is 0 Å². The Labute approximate surface area is 247 Å². The van der Waals surface area contributed by atoms with E-state index in [4.69, 9.17) is 4.74 Å². The molecule has 4 nitrogen and oxygen atoms in total. The molecule has 7 atom stereocenters. The van der Waals surface area contributed by atoms with E-state index in [1.54, 1.807) is 0 Å². The molecule has 3 rings (SSSR count). The lowest BCUT2D eigenvalue weighted by atomic mass is 9.46. The molecular weight excluding hydrogens is 492 g/mol. The number of carbonyl (C=O) groups excluding carboxylic acids is 1. The minimum Gasteiger partial charge on any atom is -0.462 e. The number of esters is 1. The van der Waals surface area contributed by atoms with E-state index in [1.165, 1.54) is 44.1 Å². The van der Waals surface area contributed by atoms with Crippen LogP contribution in [0, 0.1) is 68.5 Å². The number of rotatable bonds is 11. The van der Waals surface area contributed by atoms with Crippen LogP contribution in [-0.4, -0.2) is 12.1 Å². The molecule has 40 heavy (non-hydrogen) atoms. The Bertz CT molecular complexity index is 925. The summed E-state index contributed by atoms with van der Waals surface area (Å²) in [6.45, 7) is 20.6. The highest BCUT2D eigenvalue weighted by Crippen LogP contribution is 2.63. The summed E-state index contributed by atoms with van der Waals surface area (Å²) in [5.74, 6) is 3.52. The summed E-state index contributed by atoms with van der Waals surface area (Å²) in [7, 11) is 0. The lowest BCUT2D eigenvalue weighted by Crippen LogP contribution is -2.51. The van der Waals surface area contributed by atoms with Gasteiger partial charge in [0.05, 0.1) is 12.1 Å². The van der Waals surface area contributed by atoms with Crippen LogP contribution in [0.2, 0.25) is 0 Å². The van der Waals surface area contributed by atoms with Crippen LogP contribution in [0.1, 0.15) is 146 Å². The molecule has 0 saturated heterocycles. The summed E-state index contributed by atoms with van der Waals surface area (Å²) in [4.78, 5) is 12.6. The van der Waals surface area contributed by atoms with E-state index in [9.17, 15) is 15.3 Å². The SMILES string of the molecule is CC.CCC(C#N)(C#N)CCC(=O)OC1CC[C@@]2(C)C(=CC[C@H]3C(C)C(C)(C(C)CCCCC(C)C)CCC32)C1. The molecule has 0 aliphatic heterocycles. The van der Waals surface area contributed by atoms with Crippen molar-refractivity contribution in [1.82, 2.24) is 0 Å². The van der Waals surface area contributed by atoms with E-state index in [0.29, 0.717) is 11.8 Å². The molecule has 3 aliphatic carbocycles. The lowest BCUT2D eigenvalue weighted by molar-refractivity contribution is -0.152. The molecule has 4 heteroatoms. The standard InChI is InChI=1S/C34H54N2O2.C2H6/c1-8-34(22-35,23-36)20-17-31(37)38-28-15-18-33(7)27(21-28)13-14-29-26(5)32(6,19-16-30(29)33)25(4)12-10-9-11-24(2)3;1-2/h13,24-26,28-30H,8-12,14-21H2,1-7H3;1-2H3/t25?,26?,28?,29-,30?,32?,33-;/m0./s1. The van der Waals surface area contributed by atoms with Crippen LogP contribution in [0.25, 0.3) is 0 Å². The third kappa shape index (κ3) is 7.52. The first-order chi connectivity index (χ1) is 18.9. The third-order valence-corrected chi connectivity index (χ3v) is 11.7. The van der Waals surface area contributed by atoms with Gasteiger partial charge in [0, 0.05) is 12.8 Å². The number of carbonyl (C=O) groups is 1. The fourth-order valence-electron chi connectivity index (χ4n) is 8.29. The minimum absolute atomic E-state index is 0.0734. The van der Waals surface area contributed by atoms with E-state index in [1.807, 2.05) is 20.8 Å². The lowest BCUT2D eigenvalue weighted by Gasteiger charge is -2.59. The second-order valence-corrected chi connectivity index (χ2v) is 14.1. The number of nitrogens with zero attached hydrogens (tertiary/aromatic N) is 2. The van der Waals surface area contributed by atoms with Crippen molar-refractivity contribution in [3.63, 3.8) is 0 Å². The molecular formula is C36H60N2O2. The number of fused-ring (bicyclic) bond motifs is 3. The highest BCUT2D eigenvalue weighted by Gasteiger charge is 2.54. The van der Waals surface area contributed by atoms with Gasteiger partial charge in [0.1, 0.15) is 11.5 Å². The molecule has 2 fully saturated rings. The van der Waals surface area contributed by atoms with Gasteiger partial charge in [0.2, 0.25) is 0 Å². The normalized spacial score (nSPS) is 32.2. The van der Waals surface area contributed by atoms with Crippen LogP contribution in [0.15, 0.2) is 11.6 Å². The summed E-state index contributed by atoms with van der Waals surface area (Å²) in [6.07, 6.45) is 15.4. The quantitative estimate of drug-likeness (QED) is 0.145. The van der Waals surface area contributed by atoms with E-state index < -0.39 is 5.41 Å². The molecule has 2 saturated carbocycles. The number of nitriles is 2. The van der Waals surface area contributed by atoms with Gasteiger partial charge in [-0.3, -0.25) is 4.79 Å². The number of hydrogen-bond acceptors (Lipinski definition) is 4. The zero-order chi connectivity index (χ0) is 30.1. The van der Waals surface area contributed by atoms with Gasteiger partial charge in [-0.15, -0.1) is 0 Å². The predicted molar refractivity (Wildman–Crippen MR) is 165 cm³/mol. The summed E-state index contributed by atoms with van der Waals surface area (Å²) in [5, 5.41) is 18.8. The first-order valence-electron chi connectivity index (χ1n) is 16.7. The maximum Gasteiger partial charge on any atom is 0.306 e. The van der Waals surface area contributed by atoms with Gasteiger partial charge in [-0.1, -0.05) is 99.6 Å². The van der Waals surface area contributed by atoms with Crippen molar-refractivity contribution in [3.8, 4) is 12.1 Å². The number of allylic oxidation sites excluding steroid dienone is 1. The Hall–Kier alpha value is -1.81. The van der Waals surface area contributed by atoms with E-state index in [-0.39, 0.29) is 30.3 Å². The molecule has 0 N–H and O–H groups in total. The Kier molecular flexibility index (Phi) is 12.8. The van der Waals surface area contributed by atoms with Crippen molar-refractivity contribution in [2.75, 3.05) is 0 Å². The molecule has 0 aromatic heterocycles. The van der Waals surface area contributed by atoms with Gasteiger partial charge in [-0.25, -0.2) is 0 Å². The van der Waals surface area contributed by atoms with Gasteiger partial charge in [-0.05, 0) is 85.4 Å². The Morgan fingerprint density at radius 3 is 2.35 bits per heavy atom. The van der Waals surface area contributed by atoms with Gasteiger partial charge in [0.15, 0.2) is 0 Å². The predicted octanol–water partition coefficient (Wildman–Crippen LogP) is 10.2. The molecule has 5 unspecified atom stereocenters. The number of ether oxygens (including phenoxy) is 1. The molecule has 0 aromatic carbocycles. The molecule has 0 spiro atoms. The summed E-state index contributed by atoms with van der Waals surface area (Å²) < 4.78 is 5.90. The average Bonchev–Trinajstić information content (AvgIpc) is 2.95. The van der Waals surface area contributed by atoms with E-state index >= 15 is 0 Å². The Morgan fingerprint density at radius 2 is 1.75 bits per heavy atom. The molecule has 0 radical (unpaired) electrons. The van der Waals surface area contributed by atoms with Gasteiger partial charge < -0.3 is 4.74 Å². The van der Waals surface area contributed by atoms with Crippen molar-refractivity contribution in [1.29, 1.82) is 10.5 Å². The summed E-state index contributed by atoms with van der Waals surface area (Å²) in [5.41, 5.74) is 1.08. The molecule has 0 aromatic rings. The fraction of sp³-hybridized carbons (Fsp3) is 0.861. The zero-order valence-corrected chi connectivity index (χ0v) is 27.4. The average molecular weight is 553 g/mol. The van der Waals surface area contributed by atoms with Gasteiger partial charge >= 0.3 is 5.97 Å². The van der Waals surface area contributed by atoms with Crippen molar-refractivity contribution >= 4 is 5.97 Å². The second kappa shape index (κ2) is 14.9. The second-order valence-electron chi connectivity index (χ2n) is 14.1. The first-order valence-corrected chi connectivity index (χ1v) is 16.7. The topological polar surface area (TPSA) is 73.9 Å². The van der Waals surface area contributed by atoms with Crippen molar-refractivity contribution < 1.29 is 9.53 Å². The number of unbranched alkanes of at least 4 members (excludes halogenated alkanes) is 1. The maximum absolute atomic E-state index is 12.6. The smallest absolute Gasteiger partial charge is 0.306 e. The third-order valence-electron chi connectivity index (χ3n) is 11.7. The Balaban J connectivity index is 0.00000274. The van der Waals surface area contributed by atoms with Crippen molar-refractivity contribution in [2.45, 2.75) is 152 Å². The van der Waals surface area contributed by atoms with Crippen LogP contribution in [0.5, 0.6) is 0 Å². The van der Waals surface area contributed by atoms with Crippen molar-refractivity contribution in [2.24, 2.45) is 45.8 Å². The van der Waals surface area contributed by atoms with Crippen LogP contribution in [-0.2, 0) is 9.53 Å². The monoisotopic (exact) mass is 552 g/mol. The molecule has 0 bridgehead atoms. The first kappa shape index (κ1) is 34.4. The molecule has 3 aliphatic rings. The van der Waals surface area contributed by atoms with E-state index in [0.717, 1.165) is 55.3 Å². The van der Waals surface area contributed by atoms with Gasteiger partial charge in [-0.2, -0.15) is 10.5 Å². The Morgan fingerprint density at radius 1 is 1.10 bits per heavy atom. The number of hydrogen-bond donors (Lipinski definition) is 0. The minimum atomic E-state index is -1.08. The van der Waals surface area contributed by atoms with Crippen molar-refractivity contribution in [3.05, 3.63) is 11.6 Å². The molecule has 0 amide bonds. The maximum atomic E-state index is 12.6. The highest BCUT2D eigenvalue weighted by molar-refractivity contribution is 5.69. The zero-order valence-electron chi connectivity index (χ0n) is 27.4. The largest absolute Gasteiger partial charge is 0.462 e. The van der Waals surface area contributed by atoms with Gasteiger partial charge in [0.25, 0.3) is 0 Å². The summed E-state index contributed by atoms with van der Waals surface area (Å²) in [6, 6.07) is 4.19. The fourth-order valence-corrected chi connectivity index (χ4v) is 8.29. The highest BCUT2D eigenvalue weighted by atomic mass is 16.5. The molecule has 0 heterocycles. The summed E-state index contributed by atoms with van der Waals surface area (Å²) >= 11 is 0. The van der Waals surface area contributed by atoms with Crippen LogP contribution in [0.3, 0.4) is 0 Å².